The lowest BCUT2D eigenvalue weighted by molar-refractivity contribution is 0.872. The van der Waals surface area contributed by atoms with Crippen LogP contribution in [0.2, 0.25) is 0 Å². The van der Waals surface area contributed by atoms with Crippen molar-refractivity contribution in [1.29, 1.82) is 0 Å². The maximum atomic E-state index is 5.30. The minimum Gasteiger partial charge on any atom is -0.256 e. The van der Waals surface area contributed by atoms with Gasteiger partial charge in [-0.25, -0.2) is 5.10 Å². The van der Waals surface area contributed by atoms with Crippen LogP contribution in [0.15, 0.2) is 72.0 Å². The van der Waals surface area contributed by atoms with Crippen LogP contribution in [0.25, 0.3) is 22.3 Å². The average Bonchev–Trinajstić information content (AvgIpc) is 3.01. The van der Waals surface area contributed by atoms with Gasteiger partial charge in [-0.2, -0.15) is 14.9 Å². The number of nitrogens with one attached hydrogen (secondary N) is 1. The molecule has 2 heterocycles. The van der Waals surface area contributed by atoms with Crippen LogP contribution in [0.4, 0.5) is 0 Å². The van der Waals surface area contributed by atoms with E-state index >= 15 is 0 Å². The molecule has 0 saturated heterocycles. The van der Waals surface area contributed by atoms with Crippen molar-refractivity contribution >= 4 is 29.3 Å². The fourth-order valence-electron chi connectivity index (χ4n) is 2.52. The first-order chi connectivity index (χ1) is 11.8. The molecule has 0 radical (unpaired) electrons. The van der Waals surface area contributed by atoms with Gasteiger partial charge in [-0.3, -0.25) is 4.98 Å². The Morgan fingerprint density at radius 3 is 2.71 bits per heavy atom. The van der Waals surface area contributed by atoms with Gasteiger partial charge in [-0.05, 0) is 18.3 Å². The van der Waals surface area contributed by atoms with E-state index in [1.54, 1.807) is 17.1 Å². The summed E-state index contributed by atoms with van der Waals surface area (Å²) in [6.45, 7) is 0. The Labute approximate surface area is 143 Å². The van der Waals surface area contributed by atoms with Crippen LogP contribution in [0.5, 0.6) is 0 Å². The zero-order valence-electron chi connectivity index (χ0n) is 12.6. The van der Waals surface area contributed by atoms with Gasteiger partial charge < -0.3 is 0 Å². The summed E-state index contributed by atoms with van der Waals surface area (Å²) in [7, 11) is 0. The Balaban J connectivity index is 1.80. The number of H-pyrrole nitrogens is 1. The lowest BCUT2D eigenvalue weighted by Gasteiger charge is -2.02. The summed E-state index contributed by atoms with van der Waals surface area (Å²) >= 11 is 5.30. The molecule has 0 aliphatic heterocycles. The van der Waals surface area contributed by atoms with Crippen molar-refractivity contribution in [2.24, 2.45) is 5.10 Å². The Hall–Kier alpha value is -3.12. The molecule has 0 saturated carbocycles. The molecule has 5 nitrogen and oxygen atoms in total. The lowest BCUT2D eigenvalue weighted by Crippen LogP contribution is -1.95. The summed E-state index contributed by atoms with van der Waals surface area (Å²) < 4.78 is 2.06. The van der Waals surface area contributed by atoms with Gasteiger partial charge in [0.25, 0.3) is 0 Å². The van der Waals surface area contributed by atoms with E-state index < -0.39 is 0 Å². The molecule has 0 amide bonds. The standard InChI is InChI=1S/C18H13N5S/c24-18-22-21-17(14-6-2-1-3-7-14)23(18)20-12-15-9-4-8-13-10-5-11-19-16(13)15/h1-12H,(H,22,24)/b20-12+. The van der Waals surface area contributed by atoms with Crippen LogP contribution in [-0.2, 0) is 0 Å². The number of rotatable bonds is 3. The summed E-state index contributed by atoms with van der Waals surface area (Å²) in [6.07, 6.45) is 3.53. The molecular formula is C18H13N5S. The minimum atomic E-state index is 0.443. The van der Waals surface area contributed by atoms with Crippen molar-refractivity contribution in [2.45, 2.75) is 0 Å². The molecule has 1 N–H and O–H groups in total. The molecule has 0 unspecified atom stereocenters. The second kappa shape index (κ2) is 6.17. The largest absolute Gasteiger partial charge is 0.256 e. The number of aromatic amines is 1. The third-order valence-electron chi connectivity index (χ3n) is 3.66. The highest BCUT2D eigenvalue weighted by Crippen LogP contribution is 2.17. The van der Waals surface area contributed by atoms with E-state index in [1.807, 2.05) is 60.7 Å². The summed E-state index contributed by atoms with van der Waals surface area (Å²) in [6, 6.07) is 19.7. The first-order valence-corrected chi connectivity index (χ1v) is 7.85. The molecule has 24 heavy (non-hydrogen) atoms. The van der Waals surface area contributed by atoms with Crippen LogP contribution in [0, 0.1) is 4.77 Å². The molecule has 6 heteroatoms. The van der Waals surface area contributed by atoms with Crippen LogP contribution in [0.3, 0.4) is 0 Å². The van der Waals surface area contributed by atoms with Crippen molar-refractivity contribution in [1.82, 2.24) is 19.9 Å². The molecule has 4 aromatic rings. The van der Waals surface area contributed by atoms with Crippen LogP contribution in [0.1, 0.15) is 5.56 Å². The van der Waals surface area contributed by atoms with Crippen molar-refractivity contribution in [3.05, 3.63) is 77.2 Å². The quantitative estimate of drug-likeness (QED) is 0.455. The first kappa shape index (κ1) is 14.5. The third kappa shape index (κ3) is 2.63. The van der Waals surface area contributed by atoms with E-state index in [9.17, 15) is 0 Å². The van der Waals surface area contributed by atoms with Gasteiger partial charge in [0.2, 0.25) is 4.77 Å². The number of nitrogens with zero attached hydrogens (tertiary/aromatic N) is 4. The number of hydrogen-bond donors (Lipinski definition) is 1. The topological polar surface area (TPSA) is 58.9 Å². The number of fused-ring (bicyclic) bond motifs is 1. The highest BCUT2D eigenvalue weighted by Gasteiger charge is 2.07. The zero-order chi connectivity index (χ0) is 16.4. The highest BCUT2D eigenvalue weighted by molar-refractivity contribution is 7.71. The van der Waals surface area contributed by atoms with Gasteiger partial charge in [-0.15, -0.1) is 0 Å². The van der Waals surface area contributed by atoms with E-state index in [0.717, 1.165) is 22.0 Å². The van der Waals surface area contributed by atoms with E-state index in [4.69, 9.17) is 12.2 Å². The Bertz CT molecular complexity index is 1070. The lowest BCUT2D eigenvalue weighted by atomic mass is 10.1. The fraction of sp³-hybridized carbons (Fsp3) is 0. The van der Waals surface area contributed by atoms with Gasteiger partial charge in [0.15, 0.2) is 5.82 Å². The molecule has 0 fully saturated rings. The van der Waals surface area contributed by atoms with Crippen LogP contribution < -0.4 is 0 Å². The molecule has 0 aliphatic carbocycles. The van der Waals surface area contributed by atoms with Crippen molar-refractivity contribution in [2.75, 3.05) is 0 Å². The van der Waals surface area contributed by atoms with Gasteiger partial charge >= 0.3 is 0 Å². The van der Waals surface area contributed by atoms with Gasteiger partial charge in [0.05, 0.1) is 11.7 Å². The molecule has 4 rings (SSSR count). The molecule has 116 valence electrons. The Kier molecular flexibility index (Phi) is 3.72. The van der Waals surface area contributed by atoms with Crippen LogP contribution >= 0.6 is 12.2 Å². The fourth-order valence-corrected chi connectivity index (χ4v) is 2.70. The van der Waals surface area contributed by atoms with Crippen molar-refractivity contribution in [3.63, 3.8) is 0 Å². The van der Waals surface area contributed by atoms with Gasteiger partial charge in [-0.1, -0.05) is 54.6 Å². The van der Waals surface area contributed by atoms with E-state index in [0.29, 0.717) is 10.6 Å². The SMILES string of the molecule is S=c1[nH]nc(-c2ccccc2)n1/N=C/c1cccc2cccnc12. The summed E-state index contributed by atoms with van der Waals surface area (Å²) in [5, 5.41) is 12.7. The predicted octanol–water partition coefficient (Wildman–Crippen LogP) is 4.04. The first-order valence-electron chi connectivity index (χ1n) is 7.44. The summed E-state index contributed by atoms with van der Waals surface area (Å²) in [5.74, 6) is 0.671. The van der Waals surface area contributed by atoms with E-state index in [-0.39, 0.29) is 0 Å². The smallest absolute Gasteiger partial charge is 0.216 e. The Morgan fingerprint density at radius 2 is 1.83 bits per heavy atom. The molecule has 0 spiro atoms. The third-order valence-corrected chi connectivity index (χ3v) is 3.92. The number of benzene rings is 2. The van der Waals surface area contributed by atoms with Crippen LogP contribution in [-0.4, -0.2) is 26.1 Å². The minimum absolute atomic E-state index is 0.443. The number of para-hydroxylation sites is 1. The van der Waals surface area contributed by atoms with Crippen molar-refractivity contribution < 1.29 is 0 Å². The Morgan fingerprint density at radius 1 is 1.00 bits per heavy atom. The normalized spacial score (nSPS) is 11.3. The molecule has 0 aliphatic rings. The van der Waals surface area contributed by atoms with Crippen molar-refractivity contribution in [3.8, 4) is 11.4 Å². The molecular weight excluding hydrogens is 318 g/mol. The predicted molar refractivity (Wildman–Crippen MR) is 97.6 cm³/mol. The number of pyridine rings is 1. The van der Waals surface area contributed by atoms with E-state index in [2.05, 4.69) is 20.3 Å². The molecule has 0 bridgehead atoms. The molecule has 2 aromatic carbocycles. The maximum Gasteiger partial charge on any atom is 0.216 e. The van der Waals surface area contributed by atoms with E-state index in [1.165, 1.54) is 0 Å². The average molecular weight is 331 g/mol. The monoisotopic (exact) mass is 331 g/mol. The summed E-state index contributed by atoms with van der Waals surface area (Å²) in [5.41, 5.74) is 2.77. The van der Waals surface area contributed by atoms with Gasteiger partial charge in [0.1, 0.15) is 0 Å². The zero-order valence-corrected chi connectivity index (χ0v) is 13.4. The number of aromatic nitrogens is 4. The number of hydrogen-bond acceptors (Lipinski definition) is 4. The summed E-state index contributed by atoms with van der Waals surface area (Å²) in [4.78, 5) is 4.43. The molecule has 0 atom stereocenters. The van der Waals surface area contributed by atoms with Gasteiger partial charge in [0, 0.05) is 22.7 Å². The second-order valence-corrected chi connectivity index (χ2v) is 5.58. The maximum absolute atomic E-state index is 5.30. The highest BCUT2D eigenvalue weighted by atomic mass is 32.1. The molecule has 2 aromatic heterocycles. The second-order valence-electron chi connectivity index (χ2n) is 5.20.